The second-order valence-corrected chi connectivity index (χ2v) is 4.95. The number of benzene rings is 1. The van der Waals surface area contributed by atoms with Crippen molar-refractivity contribution < 1.29 is 18.7 Å². The van der Waals surface area contributed by atoms with Gasteiger partial charge in [0, 0.05) is 19.3 Å². The van der Waals surface area contributed by atoms with E-state index in [1.54, 1.807) is 6.08 Å². The fourth-order valence-electron chi connectivity index (χ4n) is 2.27. The Bertz CT molecular complexity index is 497. The van der Waals surface area contributed by atoms with E-state index in [-0.39, 0.29) is 18.1 Å². The van der Waals surface area contributed by atoms with Gasteiger partial charge in [0.1, 0.15) is 5.78 Å². The third-order valence-corrected chi connectivity index (χ3v) is 3.32. The van der Waals surface area contributed by atoms with Gasteiger partial charge >= 0.3 is 0 Å². The number of halogens is 2. The van der Waals surface area contributed by atoms with Gasteiger partial charge in [0.05, 0.1) is 6.10 Å². The molecule has 1 aliphatic rings. The predicted molar refractivity (Wildman–Crippen MR) is 67.6 cm³/mol. The Kier molecular flexibility index (Phi) is 4.43. The van der Waals surface area contributed by atoms with Gasteiger partial charge < -0.3 is 5.11 Å². The molecule has 1 aromatic rings. The highest BCUT2D eigenvalue weighted by molar-refractivity contribution is 5.80. The van der Waals surface area contributed by atoms with Crippen LogP contribution in [-0.4, -0.2) is 17.0 Å². The van der Waals surface area contributed by atoms with Crippen molar-refractivity contribution in [2.24, 2.45) is 5.92 Å². The smallest absolute Gasteiger partial charge is 0.159 e. The van der Waals surface area contributed by atoms with Crippen molar-refractivity contribution in [1.29, 1.82) is 0 Å². The number of carbonyl (C=O) groups is 1. The Morgan fingerprint density at radius 3 is 2.79 bits per heavy atom. The van der Waals surface area contributed by atoms with Gasteiger partial charge in [0.25, 0.3) is 0 Å². The first-order valence-electron chi connectivity index (χ1n) is 6.36. The topological polar surface area (TPSA) is 37.3 Å². The maximum Gasteiger partial charge on any atom is 0.159 e. The minimum atomic E-state index is -0.907. The van der Waals surface area contributed by atoms with Crippen molar-refractivity contribution in [3.05, 3.63) is 47.5 Å². The number of aliphatic hydroxyl groups excluding tert-OH is 1. The second kappa shape index (κ2) is 6.06. The van der Waals surface area contributed by atoms with Crippen LogP contribution >= 0.6 is 0 Å². The largest absolute Gasteiger partial charge is 0.389 e. The summed E-state index contributed by atoms with van der Waals surface area (Å²) in [6.07, 6.45) is 4.92. The quantitative estimate of drug-likeness (QED) is 0.851. The van der Waals surface area contributed by atoms with E-state index in [2.05, 4.69) is 0 Å². The molecule has 2 nitrogen and oxygen atoms in total. The molecule has 2 atom stereocenters. The van der Waals surface area contributed by atoms with E-state index in [0.717, 1.165) is 18.6 Å². The minimum Gasteiger partial charge on any atom is -0.389 e. The average Bonchev–Trinajstić information content (AvgIpc) is 2.77. The summed E-state index contributed by atoms with van der Waals surface area (Å²) in [5, 5.41) is 9.80. The lowest BCUT2D eigenvalue weighted by Crippen LogP contribution is -2.08. The Labute approximate surface area is 110 Å². The lowest BCUT2D eigenvalue weighted by molar-refractivity contribution is -0.117. The number of carbonyl (C=O) groups excluding carboxylic acids is 1. The molecule has 1 N–H and O–H groups in total. The number of hydrogen-bond acceptors (Lipinski definition) is 2. The van der Waals surface area contributed by atoms with Crippen LogP contribution in [0.15, 0.2) is 30.4 Å². The zero-order chi connectivity index (χ0) is 13.8. The summed E-state index contributed by atoms with van der Waals surface area (Å²) in [4.78, 5) is 11.1. The number of rotatable bonds is 4. The molecule has 1 fully saturated rings. The summed E-state index contributed by atoms with van der Waals surface area (Å²) in [5.74, 6) is -1.34. The van der Waals surface area contributed by atoms with Crippen LogP contribution in [0.4, 0.5) is 8.78 Å². The SMILES string of the molecule is O=C1CC[C@H](/C=C/C(O)Cc2ccc(F)c(F)c2)C1. The van der Waals surface area contributed by atoms with E-state index in [0.29, 0.717) is 18.4 Å². The third-order valence-electron chi connectivity index (χ3n) is 3.32. The van der Waals surface area contributed by atoms with Gasteiger partial charge in [-0.05, 0) is 30.0 Å². The van der Waals surface area contributed by atoms with E-state index >= 15 is 0 Å². The summed E-state index contributed by atoms with van der Waals surface area (Å²) >= 11 is 0. The van der Waals surface area contributed by atoms with Gasteiger partial charge in [-0.1, -0.05) is 18.2 Å². The molecule has 0 bridgehead atoms. The summed E-state index contributed by atoms with van der Waals surface area (Å²) in [5.41, 5.74) is 0.540. The Hall–Kier alpha value is -1.55. The average molecular weight is 266 g/mol. The van der Waals surface area contributed by atoms with Crippen LogP contribution in [0.3, 0.4) is 0 Å². The highest BCUT2D eigenvalue weighted by Gasteiger charge is 2.19. The van der Waals surface area contributed by atoms with Gasteiger partial charge in [-0.25, -0.2) is 8.78 Å². The van der Waals surface area contributed by atoms with Crippen LogP contribution in [0.2, 0.25) is 0 Å². The molecule has 0 amide bonds. The molecule has 0 aliphatic heterocycles. The number of allylic oxidation sites excluding steroid dienone is 1. The van der Waals surface area contributed by atoms with Crippen LogP contribution in [0, 0.1) is 17.6 Å². The van der Waals surface area contributed by atoms with E-state index < -0.39 is 17.7 Å². The molecule has 1 unspecified atom stereocenters. The molecule has 0 saturated heterocycles. The molecule has 102 valence electrons. The second-order valence-electron chi connectivity index (χ2n) is 4.95. The zero-order valence-electron chi connectivity index (χ0n) is 10.5. The van der Waals surface area contributed by atoms with Crippen molar-refractivity contribution in [3.63, 3.8) is 0 Å². The highest BCUT2D eigenvalue weighted by Crippen LogP contribution is 2.23. The van der Waals surface area contributed by atoms with E-state index in [1.165, 1.54) is 6.07 Å². The molecular formula is C15H16F2O2. The molecule has 2 rings (SSSR count). The number of aliphatic hydroxyl groups is 1. The van der Waals surface area contributed by atoms with Crippen LogP contribution in [0.1, 0.15) is 24.8 Å². The van der Waals surface area contributed by atoms with Gasteiger partial charge in [-0.15, -0.1) is 0 Å². The van der Waals surface area contributed by atoms with Crippen molar-refractivity contribution in [2.45, 2.75) is 31.8 Å². The van der Waals surface area contributed by atoms with Crippen LogP contribution in [0.5, 0.6) is 0 Å². The number of hydrogen-bond donors (Lipinski definition) is 1. The van der Waals surface area contributed by atoms with Crippen LogP contribution < -0.4 is 0 Å². The number of ketones is 1. The predicted octanol–water partition coefficient (Wildman–Crippen LogP) is 2.79. The molecule has 4 heteroatoms. The minimum absolute atomic E-state index is 0.201. The molecule has 1 aromatic carbocycles. The molecule has 1 aliphatic carbocycles. The third kappa shape index (κ3) is 3.96. The molecule has 0 heterocycles. The van der Waals surface area contributed by atoms with Crippen LogP contribution in [0.25, 0.3) is 0 Å². The molecule has 0 aromatic heterocycles. The zero-order valence-corrected chi connectivity index (χ0v) is 10.5. The van der Waals surface area contributed by atoms with Crippen molar-refractivity contribution in [1.82, 2.24) is 0 Å². The Balaban J connectivity index is 1.89. The standard InChI is InChI=1S/C15H16F2O2/c16-14-6-3-11(9-15(14)17)8-13(19)5-2-10-1-4-12(18)7-10/h2-3,5-6,9-10,13,19H,1,4,7-8H2/b5-2+/t10-,13?/m1/s1. The normalized spacial score (nSPS) is 21.2. The van der Waals surface area contributed by atoms with E-state index in [1.807, 2.05) is 6.08 Å². The summed E-state index contributed by atoms with van der Waals surface area (Å²) in [6, 6.07) is 3.59. The molecule has 0 spiro atoms. The maximum atomic E-state index is 13.0. The molecule has 19 heavy (non-hydrogen) atoms. The van der Waals surface area contributed by atoms with E-state index in [9.17, 15) is 18.7 Å². The molecular weight excluding hydrogens is 250 g/mol. The van der Waals surface area contributed by atoms with Crippen molar-refractivity contribution in [3.8, 4) is 0 Å². The van der Waals surface area contributed by atoms with Crippen molar-refractivity contribution in [2.75, 3.05) is 0 Å². The van der Waals surface area contributed by atoms with Gasteiger partial charge in [-0.2, -0.15) is 0 Å². The Morgan fingerprint density at radius 1 is 1.37 bits per heavy atom. The van der Waals surface area contributed by atoms with Gasteiger partial charge in [0.15, 0.2) is 11.6 Å². The Morgan fingerprint density at radius 2 is 2.16 bits per heavy atom. The first kappa shape index (κ1) is 13.9. The van der Waals surface area contributed by atoms with Gasteiger partial charge in [-0.3, -0.25) is 4.79 Å². The van der Waals surface area contributed by atoms with Crippen molar-refractivity contribution >= 4 is 5.78 Å². The highest BCUT2D eigenvalue weighted by atomic mass is 19.2. The van der Waals surface area contributed by atoms with E-state index in [4.69, 9.17) is 0 Å². The lowest BCUT2D eigenvalue weighted by atomic mass is 10.0. The molecule has 1 saturated carbocycles. The monoisotopic (exact) mass is 266 g/mol. The first-order valence-corrected chi connectivity index (χ1v) is 6.36. The first-order chi connectivity index (χ1) is 9.04. The number of Topliss-reactive ketones (excluding diaryl/α,β-unsaturated/α-hetero) is 1. The summed E-state index contributed by atoms with van der Waals surface area (Å²) < 4.78 is 25.7. The fraction of sp³-hybridized carbons (Fsp3) is 0.400. The maximum absolute atomic E-state index is 13.0. The van der Waals surface area contributed by atoms with Crippen LogP contribution in [-0.2, 0) is 11.2 Å². The fourth-order valence-corrected chi connectivity index (χ4v) is 2.27. The summed E-state index contributed by atoms with van der Waals surface area (Å²) in [7, 11) is 0. The van der Waals surface area contributed by atoms with Gasteiger partial charge in [0.2, 0.25) is 0 Å². The molecule has 0 radical (unpaired) electrons. The summed E-state index contributed by atoms with van der Waals surface area (Å²) in [6.45, 7) is 0. The lowest BCUT2D eigenvalue weighted by Gasteiger charge is -2.07.